The highest BCUT2D eigenvalue weighted by Crippen LogP contribution is 2.19. The molecule has 0 aliphatic heterocycles. The van der Waals surface area contributed by atoms with Gasteiger partial charge in [-0.2, -0.15) is 25.3 Å². The Hall–Kier alpha value is 0.620. The minimum Gasteiger partial charge on any atom is -0.315 e. The van der Waals surface area contributed by atoms with E-state index in [-0.39, 0.29) is 10.8 Å². The Bertz CT molecular complexity index is 268. The molecule has 0 aliphatic carbocycles. The number of rotatable bonds is 14. The van der Waals surface area contributed by atoms with Crippen LogP contribution in [0.1, 0.15) is 60.3 Å². The van der Waals surface area contributed by atoms with Crippen LogP contribution in [0.25, 0.3) is 0 Å². The second-order valence-corrected chi connectivity index (χ2v) is 8.79. The van der Waals surface area contributed by atoms with Crippen LogP contribution in [-0.4, -0.2) is 49.1 Å². The molecular weight excluding hydrogens is 308 g/mol. The molecule has 0 aromatic heterocycles. The fourth-order valence-corrected chi connectivity index (χ4v) is 2.62. The molecule has 0 atom stereocenters. The highest BCUT2D eigenvalue weighted by Gasteiger charge is 2.20. The number of nitrogens with zero attached hydrogens (tertiary/aromatic N) is 1. The molecule has 0 radical (unpaired) electrons. The molecule has 0 saturated heterocycles. The Morgan fingerprint density at radius 1 is 0.864 bits per heavy atom. The summed E-state index contributed by atoms with van der Waals surface area (Å²) in [5, 5.41) is 3.60. The van der Waals surface area contributed by atoms with E-state index in [4.69, 9.17) is 0 Å². The fourth-order valence-electron chi connectivity index (χ4n) is 2.41. The molecule has 134 valence electrons. The topological polar surface area (TPSA) is 15.3 Å². The van der Waals surface area contributed by atoms with Gasteiger partial charge in [-0.3, -0.25) is 0 Å². The lowest BCUT2D eigenvalue weighted by atomic mass is 9.95. The summed E-state index contributed by atoms with van der Waals surface area (Å²) in [6.07, 6.45) is 5.34. The van der Waals surface area contributed by atoms with E-state index >= 15 is 0 Å². The third-order valence-corrected chi connectivity index (χ3v) is 5.76. The third kappa shape index (κ3) is 12.1. The molecule has 0 fully saturated rings. The number of hydrogen-bond acceptors (Lipinski definition) is 4. The molecule has 0 rings (SSSR count). The predicted molar refractivity (Wildman–Crippen MR) is 109 cm³/mol. The van der Waals surface area contributed by atoms with Gasteiger partial charge in [-0.15, -0.1) is 0 Å². The van der Waals surface area contributed by atoms with Gasteiger partial charge in [-0.1, -0.05) is 53.9 Å². The van der Waals surface area contributed by atoms with E-state index in [0.717, 1.165) is 37.7 Å². The first-order valence-corrected chi connectivity index (χ1v) is 10.2. The van der Waals surface area contributed by atoms with Gasteiger partial charge < -0.3 is 10.2 Å². The lowest BCUT2D eigenvalue weighted by Crippen LogP contribution is -2.41. The van der Waals surface area contributed by atoms with E-state index in [1.54, 1.807) is 0 Å². The summed E-state index contributed by atoms with van der Waals surface area (Å²) in [6.45, 7) is 17.0. The van der Waals surface area contributed by atoms with Crippen LogP contribution < -0.4 is 5.32 Å². The molecule has 0 heterocycles. The van der Waals surface area contributed by atoms with Gasteiger partial charge in [-0.05, 0) is 35.3 Å². The molecule has 0 amide bonds. The maximum Gasteiger partial charge on any atom is 0.0107 e. The predicted octanol–water partition coefficient (Wildman–Crippen LogP) is 4.37. The molecule has 0 aliphatic rings. The third-order valence-electron chi connectivity index (χ3n) is 4.04. The van der Waals surface area contributed by atoms with Crippen LogP contribution in [0.5, 0.6) is 0 Å². The molecule has 0 spiro atoms. The van der Waals surface area contributed by atoms with Gasteiger partial charge >= 0.3 is 0 Å². The first-order valence-electron chi connectivity index (χ1n) is 8.91. The van der Waals surface area contributed by atoms with E-state index in [0.29, 0.717) is 0 Å². The summed E-state index contributed by atoms with van der Waals surface area (Å²) in [5.74, 6) is 1.87. The van der Waals surface area contributed by atoms with E-state index in [1.165, 1.54) is 32.2 Å². The summed E-state index contributed by atoms with van der Waals surface area (Å²) in [5.41, 5.74) is 0.567. The highest BCUT2D eigenvalue weighted by molar-refractivity contribution is 7.80. The van der Waals surface area contributed by atoms with Gasteiger partial charge in [0.2, 0.25) is 0 Å². The number of nitrogens with one attached hydrogen (secondary N) is 1. The van der Waals surface area contributed by atoms with Crippen molar-refractivity contribution in [3.63, 3.8) is 0 Å². The summed E-state index contributed by atoms with van der Waals surface area (Å²) < 4.78 is 0. The number of hydrogen-bond donors (Lipinski definition) is 3. The van der Waals surface area contributed by atoms with Crippen LogP contribution in [-0.2, 0) is 0 Å². The maximum absolute atomic E-state index is 4.51. The summed E-state index contributed by atoms with van der Waals surface area (Å²) >= 11 is 8.93. The van der Waals surface area contributed by atoms with Gasteiger partial charge in [0.15, 0.2) is 0 Å². The number of thiol groups is 2. The molecule has 0 aromatic rings. The molecular formula is C18H40N2S2. The molecule has 22 heavy (non-hydrogen) atoms. The molecule has 2 nitrogen and oxygen atoms in total. The van der Waals surface area contributed by atoms with Crippen molar-refractivity contribution < 1.29 is 0 Å². The quantitative estimate of drug-likeness (QED) is 0.319. The maximum atomic E-state index is 4.51. The lowest BCUT2D eigenvalue weighted by molar-refractivity contribution is 0.189. The second-order valence-electron chi connectivity index (χ2n) is 8.16. The lowest BCUT2D eigenvalue weighted by Gasteiger charge is -2.32. The standard InChI is InChI=1S/C18H40N2S2/c1-6-7-8-9-11-20(14-18(4,5)16-22)12-10-19-13-17(2,3)15-21/h19,21-22H,6-16H2,1-5H3. The highest BCUT2D eigenvalue weighted by atomic mass is 32.1. The average Bonchev–Trinajstić information content (AvgIpc) is 2.47. The Morgan fingerprint density at radius 2 is 1.50 bits per heavy atom. The summed E-state index contributed by atoms with van der Waals surface area (Å²) in [4.78, 5) is 2.62. The van der Waals surface area contributed by atoms with Crippen molar-refractivity contribution >= 4 is 25.3 Å². The molecule has 1 N–H and O–H groups in total. The minimum absolute atomic E-state index is 0.277. The molecule has 0 unspecified atom stereocenters. The van der Waals surface area contributed by atoms with Gasteiger partial charge in [-0.25, -0.2) is 0 Å². The van der Waals surface area contributed by atoms with Crippen molar-refractivity contribution in [2.45, 2.75) is 60.3 Å². The van der Waals surface area contributed by atoms with Gasteiger partial charge in [0.1, 0.15) is 0 Å². The van der Waals surface area contributed by atoms with Crippen molar-refractivity contribution in [2.75, 3.05) is 44.2 Å². The molecule has 0 saturated carbocycles. The normalized spacial score (nSPS) is 13.1. The van der Waals surface area contributed by atoms with E-state index < -0.39 is 0 Å². The monoisotopic (exact) mass is 348 g/mol. The minimum atomic E-state index is 0.277. The summed E-state index contributed by atoms with van der Waals surface area (Å²) in [7, 11) is 0. The van der Waals surface area contributed by atoms with Gasteiger partial charge in [0.25, 0.3) is 0 Å². The molecule has 0 aromatic carbocycles. The SMILES string of the molecule is CCCCCCN(CCNCC(C)(C)CS)CC(C)(C)CS. The van der Waals surface area contributed by atoms with Gasteiger partial charge in [0, 0.05) is 26.2 Å². The average molecular weight is 349 g/mol. The Kier molecular flexibility index (Phi) is 12.4. The van der Waals surface area contributed by atoms with Crippen molar-refractivity contribution in [2.24, 2.45) is 10.8 Å². The van der Waals surface area contributed by atoms with E-state index in [1.807, 2.05) is 0 Å². The first-order chi connectivity index (χ1) is 10.3. The van der Waals surface area contributed by atoms with Crippen molar-refractivity contribution in [3.8, 4) is 0 Å². The summed E-state index contributed by atoms with van der Waals surface area (Å²) in [6, 6.07) is 0. The van der Waals surface area contributed by atoms with Crippen molar-refractivity contribution in [3.05, 3.63) is 0 Å². The van der Waals surface area contributed by atoms with Crippen LogP contribution in [0.3, 0.4) is 0 Å². The van der Waals surface area contributed by atoms with Crippen LogP contribution >= 0.6 is 25.3 Å². The fraction of sp³-hybridized carbons (Fsp3) is 1.00. The van der Waals surface area contributed by atoms with E-state index in [2.05, 4.69) is 70.1 Å². The smallest absolute Gasteiger partial charge is 0.0107 e. The van der Waals surface area contributed by atoms with E-state index in [9.17, 15) is 0 Å². The Morgan fingerprint density at radius 3 is 2.05 bits per heavy atom. The first kappa shape index (κ1) is 22.6. The second kappa shape index (κ2) is 12.0. The van der Waals surface area contributed by atoms with Crippen molar-refractivity contribution in [1.82, 2.24) is 10.2 Å². The van der Waals surface area contributed by atoms with Crippen molar-refractivity contribution in [1.29, 1.82) is 0 Å². The molecule has 4 heteroatoms. The largest absolute Gasteiger partial charge is 0.315 e. The number of unbranched alkanes of at least 4 members (excludes halogenated alkanes) is 3. The van der Waals surface area contributed by atoms with Gasteiger partial charge in [0.05, 0.1) is 0 Å². The zero-order valence-corrected chi connectivity index (χ0v) is 17.4. The van der Waals surface area contributed by atoms with Crippen LogP contribution in [0.15, 0.2) is 0 Å². The van der Waals surface area contributed by atoms with Crippen LogP contribution in [0, 0.1) is 10.8 Å². The van der Waals surface area contributed by atoms with Crippen LogP contribution in [0.2, 0.25) is 0 Å². The Labute approximate surface area is 151 Å². The molecule has 0 bridgehead atoms. The zero-order valence-electron chi connectivity index (χ0n) is 15.6. The Balaban J connectivity index is 4.16. The zero-order chi connectivity index (χ0) is 17.1. The van der Waals surface area contributed by atoms with Crippen LogP contribution in [0.4, 0.5) is 0 Å².